The molecule has 1 rings (SSSR count). The van der Waals surface area contributed by atoms with E-state index >= 15 is 0 Å². The molecule has 4 N–H and O–H groups in total. The van der Waals surface area contributed by atoms with Gasteiger partial charge in [-0.3, -0.25) is 4.79 Å². The molecule has 88 valence electrons. The Morgan fingerprint density at radius 2 is 2.07 bits per heavy atom. The van der Waals surface area contributed by atoms with E-state index in [9.17, 15) is 15.0 Å². The molecule has 5 atom stereocenters. The molecule has 1 amide bonds. The fourth-order valence-electron chi connectivity index (χ4n) is 1.46. The highest BCUT2D eigenvalue weighted by molar-refractivity contribution is 6.20. The Morgan fingerprint density at radius 3 is 2.53 bits per heavy atom. The Labute approximate surface area is 91.8 Å². The molecule has 0 bridgehead atoms. The number of hydrogen-bond acceptors (Lipinski definition) is 5. The number of carbonyl (C=O) groups excluding carboxylic acids is 1. The maximum atomic E-state index is 10.8. The molecule has 1 fully saturated rings. The van der Waals surface area contributed by atoms with Crippen molar-refractivity contribution >= 4 is 17.5 Å². The summed E-state index contributed by atoms with van der Waals surface area (Å²) in [6.07, 6.45) is -3.48. The maximum absolute atomic E-state index is 10.8. The minimum Gasteiger partial charge on any atom is -0.394 e. The predicted octanol–water partition coefficient (Wildman–Crippen LogP) is -1.83. The molecule has 0 unspecified atom stereocenters. The van der Waals surface area contributed by atoms with Gasteiger partial charge in [0, 0.05) is 6.92 Å². The molecule has 1 saturated heterocycles. The monoisotopic (exact) mass is 239 g/mol. The number of ether oxygens (including phenoxy) is 1. The highest BCUT2D eigenvalue weighted by Crippen LogP contribution is 2.23. The van der Waals surface area contributed by atoms with Crippen LogP contribution >= 0.6 is 11.6 Å². The van der Waals surface area contributed by atoms with E-state index in [1.165, 1.54) is 6.92 Å². The van der Waals surface area contributed by atoms with Crippen LogP contribution in [0.4, 0.5) is 0 Å². The minimum absolute atomic E-state index is 0.386. The molecule has 0 aliphatic carbocycles. The fourth-order valence-corrected chi connectivity index (χ4v) is 1.80. The zero-order valence-corrected chi connectivity index (χ0v) is 8.89. The summed E-state index contributed by atoms with van der Waals surface area (Å²) in [5.41, 5.74) is -0.982. The summed E-state index contributed by atoms with van der Waals surface area (Å²) in [5, 5.41) is 30.3. The zero-order valence-electron chi connectivity index (χ0n) is 8.13. The number of aliphatic hydroxyl groups is 3. The van der Waals surface area contributed by atoms with Crippen LogP contribution in [0.15, 0.2) is 0 Å². The first-order valence-corrected chi connectivity index (χ1v) is 4.94. The van der Waals surface area contributed by atoms with Crippen LogP contribution in [0, 0.1) is 0 Å². The molecule has 7 heteroatoms. The fraction of sp³-hybridized carbons (Fsp3) is 0.875. The van der Waals surface area contributed by atoms with Crippen LogP contribution < -0.4 is 5.32 Å². The summed E-state index contributed by atoms with van der Waals surface area (Å²) in [5.74, 6) is -0.386. The summed E-state index contributed by atoms with van der Waals surface area (Å²) < 4.78 is 5.02. The van der Waals surface area contributed by atoms with Gasteiger partial charge in [0.2, 0.25) is 5.91 Å². The van der Waals surface area contributed by atoms with Crippen molar-refractivity contribution in [2.45, 2.75) is 36.8 Å². The van der Waals surface area contributed by atoms with Gasteiger partial charge in [0.05, 0.1) is 12.6 Å². The van der Waals surface area contributed by atoms with Crippen molar-refractivity contribution in [1.29, 1.82) is 0 Å². The molecule has 0 spiro atoms. The third kappa shape index (κ3) is 2.79. The molecule has 1 aliphatic heterocycles. The number of aliphatic hydroxyl groups excluding tert-OH is 3. The Hall–Kier alpha value is -0.400. The standard InChI is InChI=1S/C8H14ClNO5/c1-3(12)10-5-7(14)6(13)4(2-11)15-8(5)9/h4-8,11,13-14H,2H2,1H3,(H,10,12)/t4-,5-,6-,7-,8+/m1/s1. The molecule has 1 heterocycles. The number of carbonyl (C=O) groups is 1. The SMILES string of the molecule is CC(=O)N[C@@H]1[C@@H](O)[C@H](O)[C@@H](CO)O[C@@H]1Cl. The second-order valence-corrected chi connectivity index (χ2v) is 3.85. The number of hydrogen-bond donors (Lipinski definition) is 4. The van der Waals surface area contributed by atoms with Crippen molar-refractivity contribution in [2.24, 2.45) is 0 Å². The number of nitrogens with one attached hydrogen (secondary N) is 1. The average Bonchev–Trinajstić information content (AvgIpc) is 2.18. The van der Waals surface area contributed by atoms with Crippen LogP contribution in [0.2, 0.25) is 0 Å². The van der Waals surface area contributed by atoms with Crippen molar-refractivity contribution < 1.29 is 24.9 Å². The van der Waals surface area contributed by atoms with Gasteiger partial charge in [-0.15, -0.1) is 0 Å². The van der Waals surface area contributed by atoms with E-state index in [0.29, 0.717) is 0 Å². The first-order valence-electron chi connectivity index (χ1n) is 4.51. The van der Waals surface area contributed by atoms with Crippen molar-refractivity contribution in [2.75, 3.05) is 6.61 Å². The van der Waals surface area contributed by atoms with Crippen LogP contribution in [0.3, 0.4) is 0 Å². The smallest absolute Gasteiger partial charge is 0.217 e. The van der Waals surface area contributed by atoms with Gasteiger partial charge in [0.25, 0.3) is 0 Å². The van der Waals surface area contributed by atoms with Gasteiger partial charge in [-0.05, 0) is 0 Å². The Balaban J connectivity index is 2.70. The predicted molar refractivity (Wildman–Crippen MR) is 51.2 cm³/mol. The zero-order chi connectivity index (χ0) is 11.6. The molecule has 0 aromatic carbocycles. The topological polar surface area (TPSA) is 99.0 Å². The van der Waals surface area contributed by atoms with Gasteiger partial charge in [-0.25, -0.2) is 0 Å². The van der Waals surface area contributed by atoms with Crippen molar-refractivity contribution in [3.05, 3.63) is 0 Å². The van der Waals surface area contributed by atoms with Gasteiger partial charge < -0.3 is 25.4 Å². The number of amides is 1. The van der Waals surface area contributed by atoms with E-state index in [4.69, 9.17) is 21.4 Å². The number of halogens is 1. The maximum Gasteiger partial charge on any atom is 0.217 e. The van der Waals surface area contributed by atoms with Crippen molar-refractivity contribution in [3.8, 4) is 0 Å². The van der Waals surface area contributed by atoms with Crippen LogP contribution in [0.1, 0.15) is 6.92 Å². The summed E-state index contributed by atoms with van der Waals surface area (Å²) in [6, 6.07) is -0.887. The summed E-state index contributed by atoms with van der Waals surface area (Å²) >= 11 is 5.74. The highest BCUT2D eigenvalue weighted by Gasteiger charge is 2.43. The van der Waals surface area contributed by atoms with Gasteiger partial charge >= 0.3 is 0 Å². The van der Waals surface area contributed by atoms with Crippen LogP contribution in [0.5, 0.6) is 0 Å². The normalized spacial score (nSPS) is 41.3. The lowest BCUT2D eigenvalue weighted by Gasteiger charge is -2.40. The van der Waals surface area contributed by atoms with E-state index in [-0.39, 0.29) is 5.91 Å². The van der Waals surface area contributed by atoms with E-state index in [2.05, 4.69) is 5.32 Å². The molecule has 15 heavy (non-hydrogen) atoms. The molecular weight excluding hydrogens is 226 g/mol. The Kier molecular flexibility index (Phi) is 4.30. The summed E-state index contributed by atoms with van der Waals surface area (Å²) in [6.45, 7) is 0.815. The van der Waals surface area contributed by atoms with Crippen molar-refractivity contribution in [1.82, 2.24) is 5.32 Å². The molecule has 0 saturated carbocycles. The molecular formula is C8H14ClNO5. The second kappa shape index (κ2) is 5.09. The lowest BCUT2D eigenvalue weighted by atomic mass is 9.98. The average molecular weight is 240 g/mol. The quantitative estimate of drug-likeness (QED) is 0.425. The van der Waals surface area contributed by atoms with E-state index in [1.807, 2.05) is 0 Å². The van der Waals surface area contributed by atoms with Crippen LogP contribution in [-0.4, -0.2) is 57.8 Å². The largest absolute Gasteiger partial charge is 0.394 e. The van der Waals surface area contributed by atoms with Crippen molar-refractivity contribution in [3.63, 3.8) is 0 Å². The van der Waals surface area contributed by atoms with Crippen LogP contribution in [-0.2, 0) is 9.53 Å². The van der Waals surface area contributed by atoms with Gasteiger partial charge in [0.1, 0.15) is 18.3 Å². The molecule has 6 nitrogen and oxygen atoms in total. The summed E-state index contributed by atoms with van der Waals surface area (Å²) in [7, 11) is 0. The summed E-state index contributed by atoms with van der Waals surface area (Å²) in [4.78, 5) is 10.8. The van der Waals surface area contributed by atoms with Gasteiger partial charge in [-0.1, -0.05) is 11.6 Å². The Morgan fingerprint density at radius 1 is 1.47 bits per heavy atom. The number of alkyl halides is 1. The first kappa shape index (κ1) is 12.7. The first-order chi connectivity index (χ1) is 6.97. The molecule has 0 aromatic heterocycles. The second-order valence-electron chi connectivity index (χ2n) is 3.42. The van der Waals surface area contributed by atoms with E-state index < -0.39 is 36.5 Å². The van der Waals surface area contributed by atoms with Gasteiger partial charge in [0.15, 0.2) is 5.56 Å². The third-order valence-electron chi connectivity index (χ3n) is 2.24. The lowest BCUT2D eigenvalue weighted by molar-refractivity contribution is -0.175. The third-order valence-corrected chi connectivity index (χ3v) is 2.61. The molecule has 1 aliphatic rings. The van der Waals surface area contributed by atoms with Gasteiger partial charge in [-0.2, -0.15) is 0 Å². The molecule has 0 radical (unpaired) electrons. The Bertz CT molecular complexity index is 239. The van der Waals surface area contributed by atoms with E-state index in [1.54, 1.807) is 0 Å². The minimum atomic E-state index is -1.28. The number of rotatable bonds is 2. The lowest BCUT2D eigenvalue weighted by Crippen LogP contribution is -2.62. The molecule has 0 aromatic rings. The van der Waals surface area contributed by atoms with Crippen LogP contribution in [0.25, 0.3) is 0 Å². The highest BCUT2D eigenvalue weighted by atomic mass is 35.5. The van der Waals surface area contributed by atoms with E-state index in [0.717, 1.165) is 0 Å².